The van der Waals surface area contributed by atoms with E-state index in [1.165, 1.54) is 103 Å². The number of rotatable bonds is 48. The maximum atomic E-state index is 13.4. The molecular formula is C60H107NO10. The van der Waals surface area contributed by atoms with Gasteiger partial charge in [-0.05, 0) is 89.9 Å². The highest BCUT2D eigenvalue weighted by atomic mass is 16.7. The summed E-state index contributed by atoms with van der Waals surface area (Å²) in [6.07, 6.45) is 48.3. The molecule has 1 aliphatic heterocycles. The molecule has 0 aromatic heterocycles. The van der Waals surface area contributed by atoms with E-state index in [0.29, 0.717) is 12.8 Å². The Balaban J connectivity index is 2.73. The van der Waals surface area contributed by atoms with Gasteiger partial charge in [-0.25, -0.2) is 0 Å². The first-order valence-electron chi connectivity index (χ1n) is 29.1. The number of aliphatic hydroxyl groups is 5. The Morgan fingerprint density at radius 1 is 0.549 bits per heavy atom. The molecule has 8 atom stereocenters. The summed E-state index contributed by atoms with van der Waals surface area (Å²) in [5.41, 5.74) is 0. The standard InChI is InChI=1S/C60H107NO10/c1-4-7-10-13-16-19-22-24-26-27-28-30-33-36-39-42-45-48-55(65)71-58-57(67)56(66)54(49-62)70-60(58)69-50-51(52(63)46-43-40-37-34-31-21-18-15-12-9-6-3)61-59(68)53(64)47-44-41-38-35-32-29-25-23-20-17-14-11-8-5-2/h16,19-20,23-24,26,28,30,43,46,51-54,56-58,60,62-64,66-67H,4-15,17-18,21-22,25,27,29,31-42,44-45,47-50H2,1-3H3,(H,61,68)/b19-16-,23-20-,26-24-,30-28-,46-43+. The average Bonchev–Trinajstić information content (AvgIpc) is 3.37. The van der Waals surface area contributed by atoms with Crippen molar-refractivity contribution in [2.24, 2.45) is 0 Å². The van der Waals surface area contributed by atoms with Crippen molar-refractivity contribution in [3.63, 3.8) is 0 Å². The molecule has 0 radical (unpaired) electrons. The second-order valence-electron chi connectivity index (χ2n) is 20.0. The topological polar surface area (TPSA) is 175 Å². The molecule has 1 saturated heterocycles. The zero-order valence-electron chi connectivity index (χ0n) is 45.3. The van der Waals surface area contributed by atoms with Crippen molar-refractivity contribution in [1.29, 1.82) is 0 Å². The van der Waals surface area contributed by atoms with E-state index in [0.717, 1.165) is 96.3 Å². The number of nitrogens with one attached hydrogen (secondary N) is 1. The van der Waals surface area contributed by atoms with Gasteiger partial charge >= 0.3 is 5.97 Å². The lowest BCUT2D eigenvalue weighted by molar-refractivity contribution is -0.305. The van der Waals surface area contributed by atoms with Gasteiger partial charge in [-0.15, -0.1) is 0 Å². The summed E-state index contributed by atoms with van der Waals surface area (Å²) in [6, 6.07) is -1.03. The minimum absolute atomic E-state index is 0.0963. The van der Waals surface area contributed by atoms with Gasteiger partial charge in [0, 0.05) is 6.42 Å². The highest BCUT2D eigenvalue weighted by molar-refractivity contribution is 5.80. The predicted octanol–water partition coefficient (Wildman–Crippen LogP) is 13.1. The first-order valence-corrected chi connectivity index (χ1v) is 29.1. The fourth-order valence-corrected chi connectivity index (χ4v) is 8.71. The molecule has 0 bridgehead atoms. The number of hydrogen-bond acceptors (Lipinski definition) is 10. The molecule has 1 aliphatic rings. The quantitative estimate of drug-likeness (QED) is 0.0196. The lowest BCUT2D eigenvalue weighted by Crippen LogP contribution is -2.61. The molecule has 0 aromatic rings. The van der Waals surface area contributed by atoms with Crippen LogP contribution in [0.3, 0.4) is 0 Å². The largest absolute Gasteiger partial charge is 0.454 e. The number of ether oxygens (including phenoxy) is 3. The third-order valence-corrected chi connectivity index (χ3v) is 13.4. The lowest BCUT2D eigenvalue weighted by Gasteiger charge is -2.41. The molecule has 0 aromatic carbocycles. The van der Waals surface area contributed by atoms with Gasteiger partial charge in [-0.3, -0.25) is 9.59 Å². The van der Waals surface area contributed by atoms with Crippen molar-refractivity contribution in [1.82, 2.24) is 5.32 Å². The number of amides is 1. The number of esters is 1. The van der Waals surface area contributed by atoms with Gasteiger partial charge in [-0.1, -0.05) is 210 Å². The van der Waals surface area contributed by atoms with Crippen LogP contribution < -0.4 is 5.32 Å². The molecule has 1 fully saturated rings. The fourth-order valence-electron chi connectivity index (χ4n) is 8.71. The number of aliphatic hydroxyl groups excluding tert-OH is 5. The van der Waals surface area contributed by atoms with E-state index in [-0.39, 0.29) is 19.4 Å². The van der Waals surface area contributed by atoms with Gasteiger partial charge in [0.1, 0.15) is 24.4 Å². The van der Waals surface area contributed by atoms with E-state index < -0.39 is 67.4 Å². The number of unbranched alkanes of at least 4 members (excludes halogenated alkanes) is 26. The average molecular weight is 1000 g/mol. The second-order valence-corrected chi connectivity index (χ2v) is 20.0. The molecule has 0 aliphatic carbocycles. The van der Waals surface area contributed by atoms with E-state index >= 15 is 0 Å². The van der Waals surface area contributed by atoms with Crippen LogP contribution in [0, 0.1) is 0 Å². The summed E-state index contributed by atoms with van der Waals surface area (Å²) < 4.78 is 17.5. The second kappa shape index (κ2) is 48.3. The Morgan fingerprint density at radius 3 is 1.51 bits per heavy atom. The monoisotopic (exact) mass is 1000 g/mol. The first-order chi connectivity index (χ1) is 34.7. The van der Waals surface area contributed by atoms with E-state index in [1.54, 1.807) is 6.08 Å². The van der Waals surface area contributed by atoms with Crippen molar-refractivity contribution < 1.29 is 49.3 Å². The zero-order valence-corrected chi connectivity index (χ0v) is 45.3. The molecule has 8 unspecified atom stereocenters. The van der Waals surface area contributed by atoms with Crippen molar-refractivity contribution in [2.75, 3.05) is 13.2 Å². The Morgan fingerprint density at radius 2 is 0.972 bits per heavy atom. The maximum absolute atomic E-state index is 13.4. The first kappa shape index (κ1) is 66.4. The van der Waals surface area contributed by atoms with E-state index in [4.69, 9.17) is 14.2 Å². The Hall–Kier alpha value is -2.64. The molecule has 1 heterocycles. The van der Waals surface area contributed by atoms with Crippen LogP contribution in [0.15, 0.2) is 60.8 Å². The van der Waals surface area contributed by atoms with Crippen LogP contribution in [-0.4, -0.2) is 99.6 Å². The highest BCUT2D eigenvalue weighted by Crippen LogP contribution is 2.26. The van der Waals surface area contributed by atoms with Crippen molar-refractivity contribution in [3.8, 4) is 0 Å². The van der Waals surface area contributed by atoms with E-state index in [1.807, 2.05) is 6.08 Å². The summed E-state index contributed by atoms with van der Waals surface area (Å²) >= 11 is 0. The molecule has 71 heavy (non-hydrogen) atoms. The molecule has 0 saturated carbocycles. The van der Waals surface area contributed by atoms with Crippen LogP contribution in [0.5, 0.6) is 0 Å². The Bertz CT molecular complexity index is 1380. The Labute approximate surface area is 433 Å². The van der Waals surface area contributed by atoms with Gasteiger partial charge in [0.2, 0.25) is 5.91 Å². The third-order valence-electron chi connectivity index (χ3n) is 13.4. The van der Waals surface area contributed by atoms with Crippen LogP contribution in [0.2, 0.25) is 0 Å². The molecule has 0 spiro atoms. The minimum Gasteiger partial charge on any atom is -0.454 e. The van der Waals surface area contributed by atoms with Crippen molar-refractivity contribution >= 4 is 11.9 Å². The molecule has 412 valence electrons. The normalized spacial score (nSPS) is 20.0. The molecule has 1 rings (SSSR count). The van der Waals surface area contributed by atoms with Gasteiger partial charge in [0.05, 0.1) is 25.4 Å². The predicted molar refractivity (Wildman–Crippen MR) is 292 cm³/mol. The number of carbonyl (C=O) groups excluding carboxylic acids is 2. The lowest BCUT2D eigenvalue weighted by atomic mass is 9.99. The van der Waals surface area contributed by atoms with Crippen molar-refractivity contribution in [2.45, 2.75) is 294 Å². The summed E-state index contributed by atoms with van der Waals surface area (Å²) in [5.74, 6) is -1.22. The van der Waals surface area contributed by atoms with Gasteiger partial charge in [0.15, 0.2) is 12.4 Å². The van der Waals surface area contributed by atoms with E-state index in [9.17, 15) is 35.1 Å². The van der Waals surface area contributed by atoms with E-state index in [2.05, 4.69) is 74.7 Å². The van der Waals surface area contributed by atoms with Gasteiger partial charge < -0.3 is 45.1 Å². The molecule has 6 N–H and O–H groups in total. The SMILES string of the molecule is CCCCC/C=C\C/C=C\C/C=C\CCCCCCC(=O)OC1C(OCC(NC(=O)C(O)CCCCCCCC/C=C\CCCCCC)C(O)/C=C/CCCCCCCCCCC)OC(CO)C(O)C1O. The smallest absolute Gasteiger partial charge is 0.306 e. The molecular weight excluding hydrogens is 895 g/mol. The van der Waals surface area contributed by atoms with Crippen LogP contribution in [0.1, 0.15) is 245 Å². The third kappa shape index (κ3) is 36.9. The molecule has 1 amide bonds. The van der Waals surface area contributed by atoms with Gasteiger partial charge in [-0.2, -0.15) is 0 Å². The number of hydrogen-bond donors (Lipinski definition) is 6. The minimum atomic E-state index is -1.62. The summed E-state index contributed by atoms with van der Waals surface area (Å²) in [6.45, 7) is 5.71. The summed E-state index contributed by atoms with van der Waals surface area (Å²) in [7, 11) is 0. The van der Waals surface area contributed by atoms with Crippen LogP contribution in [0.25, 0.3) is 0 Å². The van der Waals surface area contributed by atoms with Crippen LogP contribution in [0.4, 0.5) is 0 Å². The highest BCUT2D eigenvalue weighted by Gasteiger charge is 2.47. The van der Waals surface area contributed by atoms with Crippen LogP contribution >= 0.6 is 0 Å². The fraction of sp³-hybridized carbons (Fsp3) is 0.800. The number of carbonyl (C=O) groups is 2. The Kier molecular flexibility index (Phi) is 45.2. The maximum Gasteiger partial charge on any atom is 0.306 e. The molecule has 11 heteroatoms. The molecule has 11 nitrogen and oxygen atoms in total. The van der Waals surface area contributed by atoms with Crippen LogP contribution in [-0.2, 0) is 23.8 Å². The number of allylic oxidation sites excluding steroid dienone is 9. The van der Waals surface area contributed by atoms with Crippen molar-refractivity contribution in [3.05, 3.63) is 60.8 Å². The summed E-state index contributed by atoms with van der Waals surface area (Å²) in [5, 5.41) is 56.8. The van der Waals surface area contributed by atoms with Gasteiger partial charge in [0.25, 0.3) is 0 Å². The summed E-state index contributed by atoms with van der Waals surface area (Å²) in [4.78, 5) is 26.4. The zero-order chi connectivity index (χ0) is 51.8.